The van der Waals surface area contributed by atoms with Crippen LogP contribution in [0.2, 0.25) is 0 Å². The third-order valence-corrected chi connectivity index (χ3v) is 5.62. The molecule has 3 aromatic carbocycles. The highest BCUT2D eigenvalue weighted by molar-refractivity contribution is 5.85. The van der Waals surface area contributed by atoms with Crippen molar-refractivity contribution in [3.8, 4) is 17.2 Å². The summed E-state index contributed by atoms with van der Waals surface area (Å²) in [6.07, 6.45) is -0.195. The second-order valence-corrected chi connectivity index (χ2v) is 8.01. The molecule has 0 aliphatic heterocycles. The largest absolute Gasteiger partial charge is 0.493 e. The summed E-state index contributed by atoms with van der Waals surface area (Å²) in [7, 11) is 4.88. The van der Waals surface area contributed by atoms with E-state index in [0.717, 1.165) is 16.7 Å². The smallest absolute Gasteiger partial charge is 0.160 e. The molecule has 0 radical (unpaired) electrons. The van der Waals surface area contributed by atoms with Crippen LogP contribution in [0.15, 0.2) is 72.8 Å². The fourth-order valence-corrected chi connectivity index (χ4v) is 3.63. The lowest BCUT2D eigenvalue weighted by Gasteiger charge is -2.31. The van der Waals surface area contributed by atoms with Gasteiger partial charge in [-0.3, -0.25) is 5.32 Å². The molecule has 34 heavy (non-hydrogen) atoms. The molecule has 0 saturated heterocycles. The van der Waals surface area contributed by atoms with Crippen molar-refractivity contribution in [2.45, 2.75) is 31.8 Å². The summed E-state index contributed by atoms with van der Waals surface area (Å²) in [5.74, 6) is 2.00. The lowest BCUT2D eigenvalue weighted by Crippen LogP contribution is -2.47. The number of hydrogen-bond acceptors (Lipinski definition) is 6. The second-order valence-electron chi connectivity index (χ2n) is 8.01. The third-order valence-electron chi connectivity index (χ3n) is 5.62. The van der Waals surface area contributed by atoms with E-state index in [9.17, 15) is 5.11 Å². The Hall–Kier alpha value is -2.77. The van der Waals surface area contributed by atoms with E-state index in [2.05, 4.69) is 5.32 Å². The molecule has 0 heterocycles. The molecule has 3 aromatic rings. The molecular formula is C27H34ClNO5. The molecule has 6 nitrogen and oxygen atoms in total. The molecule has 2 N–H and O–H groups in total. The molecule has 184 valence electrons. The normalized spacial score (nSPS) is 13.3. The van der Waals surface area contributed by atoms with Crippen LogP contribution < -0.4 is 19.5 Å². The summed E-state index contributed by atoms with van der Waals surface area (Å²) in [5, 5.41) is 14.3. The van der Waals surface area contributed by atoms with E-state index >= 15 is 0 Å². The summed E-state index contributed by atoms with van der Waals surface area (Å²) < 4.78 is 22.5. The zero-order chi connectivity index (χ0) is 23.7. The van der Waals surface area contributed by atoms with Crippen molar-refractivity contribution in [1.29, 1.82) is 0 Å². The molecule has 3 rings (SSSR count). The molecule has 0 bridgehead atoms. The van der Waals surface area contributed by atoms with Crippen molar-refractivity contribution < 1.29 is 24.1 Å². The van der Waals surface area contributed by atoms with Gasteiger partial charge in [-0.1, -0.05) is 54.6 Å². The number of para-hydroxylation sites is 1. The highest BCUT2D eigenvalue weighted by atomic mass is 35.5. The number of nitrogens with one attached hydrogen (secondary N) is 1. The highest BCUT2D eigenvalue weighted by Crippen LogP contribution is 2.30. The first-order chi connectivity index (χ1) is 16.0. The summed E-state index contributed by atoms with van der Waals surface area (Å²) >= 11 is 0. The fourth-order valence-electron chi connectivity index (χ4n) is 3.63. The van der Waals surface area contributed by atoms with Crippen LogP contribution in [0, 0.1) is 0 Å². The Balaban J connectivity index is 0.00000408. The monoisotopic (exact) mass is 487 g/mol. The summed E-state index contributed by atoms with van der Waals surface area (Å²) in [5.41, 5.74) is 2.12. The van der Waals surface area contributed by atoms with Gasteiger partial charge in [-0.05, 0) is 36.2 Å². The second kappa shape index (κ2) is 13.2. The van der Waals surface area contributed by atoms with E-state index in [0.29, 0.717) is 36.8 Å². The number of aliphatic hydroxyl groups excluding tert-OH is 1. The zero-order valence-electron chi connectivity index (χ0n) is 20.1. The first kappa shape index (κ1) is 27.5. The van der Waals surface area contributed by atoms with Gasteiger partial charge in [0.05, 0.1) is 20.3 Å². The van der Waals surface area contributed by atoms with E-state index in [1.165, 1.54) is 0 Å². The zero-order valence-corrected chi connectivity index (χ0v) is 20.9. The number of halogens is 1. The average Bonchev–Trinajstić information content (AvgIpc) is 2.86. The Kier molecular flexibility index (Phi) is 10.7. The predicted molar refractivity (Wildman–Crippen MR) is 136 cm³/mol. The maximum atomic E-state index is 10.9. The molecule has 0 fully saturated rings. The van der Waals surface area contributed by atoms with Gasteiger partial charge in [0.25, 0.3) is 0 Å². The molecule has 7 heteroatoms. The predicted octanol–water partition coefficient (Wildman–Crippen LogP) is 4.93. The van der Waals surface area contributed by atoms with E-state index < -0.39 is 11.8 Å². The molecule has 0 saturated carbocycles. The quantitative estimate of drug-likeness (QED) is 0.353. The van der Waals surface area contributed by atoms with Crippen LogP contribution in [-0.2, 0) is 17.8 Å². The van der Waals surface area contributed by atoms with Gasteiger partial charge in [0.1, 0.15) is 18.1 Å². The summed E-state index contributed by atoms with van der Waals surface area (Å²) in [6.45, 7) is 2.69. The van der Waals surface area contributed by atoms with Crippen LogP contribution in [0.4, 0.5) is 0 Å². The molecule has 0 spiro atoms. The van der Waals surface area contributed by atoms with Gasteiger partial charge < -0.3 is 24.1 Å². The van der Waals surface area contributed by atoms with Crippen LogP contribution in [0.25, 0.3) is 0 Å². The maximum absolute atomic E-state index is 10.9. The van der Waals surface area contributed by atoms with Crippen LogP contribution >= 0.6 is 12.4 Å². The Labute approximate surface area is 208 Å². The SMILES string of the molecule is COc1ccc(CC(C)(NCC(O)c2ccccc2OCc2ccccc2)OC)cc1OC.Cl. The molecule has 2 unspecified atom stereocenters. The van der Waals surface area contributed by atoms with Gasteiger partial charge in [0, 0.05) is 25.6 Å². The van der Waals surface area contributed by atoms with Crippen LogP contribution in [0.1, 0.15) is 29.7 Å². The topological polar surface area (TPSA) is 69.2 Å². The Bertz CT molecular complexity index is 1020. The minimum atomic E-state index is -0.767. The van der Waals surface area contributed by atoms with Gasteiger partial charge >= 0.3 is 0 Å². The minimum absolute atomic E-state index is 0. The number of methoxy groups -OCH3 is 3. The number of aliphatic hydroxyl groups is 1. The number of ether oxygens (including phenoxy) is 4. The molecule has 0 aromatic heterocycles. The van der Waals surface area contributed by atoms with E-state index in [1.54, 1.807) is 21.3 Å². The van der Waals surface area contributed by atoms with Gasteiger partial charge in [-0.25, -0.2) is 0 Å². The van der Waals surface area contributed by atoms with Crippen molar-refractivity contribution >= 4 is 12.4 Å². The standard InChI is InChI=1S/C27H33NO5.ClH/c1-27(32-4,17-21-14-15-25(30-2)26(16-21)31-3)28-18-23(29)22-12-8-9-13-24(22)33-19-20-10-6-5-7-11-20;/h5-16,23,28-29H,17-19H2,1-4H3;1H. The fraction of sp³-hybridized carbons (Fsp3) is 0.333. The van der Waals surface area contributed by atoms with Crippen molar-refractivity contribution in [3.63, 3.8) is 0 Å². The molecule has 0 aliphatic rings. The first-order valence-electron chi connectivity index (χ1n) is 10.9. The van der Waals surface area contributed by atoms with Gasteiger partial charge in [0.2, 0.25) is 0 Å². The molecule has 0 aliphatic carbocycles. The summed E-state index contributed by atoms with van der Waals surface area (Å²) in [4.78, 5) is 0. The molecular weight excluding hydrogens is 454 g/mol. The minimum Gasteiger partial charge on any atom is -0.493 e. The number of rotatable bonds is 12. The van der Waals surface area contributed by atoms with Crippen LogP contribution in [0.5, 0.6) is 17.2 Å². The number of benzene rings is 3. The Morgan fingerprint density at radius 2 is 1.50 bits per heavy atom. The van der Waals surface area contributed by atoms with E-state index in [4.69, 9.17) is 18.9 Å². The Morgan fingerprint density at radius 3 is 2.18 bits per heavy atom. The summed E-state index contributed by atoms with van der Waals surface area (Å²) in [6, 6.07) is 23.3. The van der Waals surface area contributed by atoms with Gasteiger partial charge in [-0.15, -0.1) is 12.4 Å². The molecule has 2 atom stereocenters. The van der Waals surface area contributed by atoms with Crippen molar-refractivity contribution in [1.82, 2.24) is 5.32 Å². The first-order valence-corrected chi connectivity index (χ1v) is 10.9. The van der Waals surface area contributed by atoms with Crippen LogP contribution in [-0.4, -0.2) is 38.7 Å². The van der Waals surface area contributed by atoms with Gasteiger partial charge in [-0.2, -0.15) is 0 Å². The highest BCUT2D eigenvalue weighted by Gasteiger charge is 2.26. The third kappa shape index (κ3) is 7.37. The van der Waals surface area contributed by atoms with Crippen molar-refractivity contribution in [2.24, 2.45) is 0 Å². The van der Waals surface area contributed by atoms with E-state index in [1.807, 2.05) is 79.7 Å². The van der Waals surface area contributed by atoms with Crippen molar-refractivity contribution in [2.75, 3.05) is 27.9 Å². The lowest BCUT2D eigenvalue weighted by molar-refractivity contribution is -0.0315. The van der Waals surface area contributed by atoms with Crippen molar-refractivity contribution in [3.05, 3.63) is 89.5 Å². The lowest BCUT2D eigenvalue weighted by atomic mass is 10.0. The maximum Gasteiger partial charge on any atom is 0.160 e. The van der Waals surface area contributed by atoms with E-state index in [-0.39, 0.29) is 12.4 Å². The average molecular weight is 488 g/mol. The number of hydrogen-bond donors (Lipinski definition) is 2. The van der Waals surface area contributed by atoms with Gasteiger partial charge in [0.15, 0.2) is 11.5 Å². The van der Waals surface area contributed by atoms with Crippen LogP contribution in [0.3, 0.4) is 0 Å². The molecule has 0 amide bonds. The Morgan fingerprint density at radius 1 is 0.824 bits per heavy atom.